The summed E-state index contributed by atoms with van der Waals surface area (Å²) in [6, 6.07) is 0. The van der Waals surface area contributed by atoms with Gasteiger partial charge in [0.05, 0.1) is 20.8 Å². The van der Waals surface area contributed by atoms with E-state index in [1.807, 2.05) is 0 Å². The normalized spacial score (nSPS) is 30.4. The second-order valence-corrected chi connectivity index (χ2v) is 8.03. The minimum absolute atomic E-state index is 0.0260. The van der Waals surface area contributed by atoms with Crippen molar-refractivity contribution in [2.45, 2.75) is 32.4 Å². The average molecular weight is 238 g/mol. The van der Waals surface area contributed by atoms with Gasteiger partial charge >= 0.3 is 0 Å². The van der Waals surface area contributed by atoms with E-state index < -0.39 is 24.9 Å². The Hall–Kier alpha value is -0.360. The molecule has 1 atom stereocenters. The first-order chi connectivity index (χ1) is 6.23. The van der Waals surface area contributed by atoms with E-state index in [4.69, 9.17) is 0 Å². The molecule has 0 radical (unpaired) electrons. The van der Waals surface area contributed by atoms with Gasteiger partial charge in [-0.3, -0.25) is 0 Å². The summed E-state index contributed by atoms with van der Waals surface area (Å²) in [5, 5.41) is -0.814. The van der Waals surface area contributed by atoms with E-state index in [1.165, 1.54) is 13.8 Å². The van der Waals surface area contributed by atoms with Gasteiger partial charge in [-0.2, -0.15) is 0 Å². The summed E-state index contributed by atoms with van der Waals surface area (Å²) >= 11 is 0. The third kappa shape index (κ3) is 1.61. The van der Waals surface area contributed by atoms with Crippen molar-refractivity contribution < 1.29 is 16.8 Å². The molecule has 0 spiro atoms. The first-order valence-electron chi connectivity index (χ1n) is 4.40. The molecule has 0 bridgehead atoms. The summed E-state index contributed by atoms with van der Waals surface area (Å²) in [5.41, 5.74) is 0. The molecule has 14 heavy (non-hydrogen) atoms. The van der Waals surface area contributed by atoms with E-state index in [1.54, 1.807) is 6.92 Å². The van der Waals surface area contributed by atoms with Gasteiger partial charge in [-0.1, -0.05) is 6.92 Å². The van der Waals surface area contributed by atoms with Gasteiger partial charge in [0.25, 0.3) is 0 Å². The highest BCUT2D eigenvalue weighted by atomic mass is 32.2. The zero-order valence-electron chi connectivity index (χ0n) is 8.44. The average Bonchev–Trinajstić information content (AvgIpc) is 2.02. The van der Waals surface area contributed by atoms with Gasteiger partial charge in [-0.05, 0) is 20.3 Å². The molecule has 0 aromatic heterocycles. The van der Waals surface area contributed by atoms with E-state index in [0.717, 1.165) is 0 Å². The Morgan fingerprint density at radius 2 is 1.79 bits per heavy atom. The summed E-state index contributed by atoms with van der Waals surface area (Å²) in [6.07, 6.45) is 0.248. The fourth-order valence-electron chi connectivity index (χ4n) is 1.59. The minimum atomic E-state index is -3.37. The molecule has 0 saturated heterocycles. The third-order valence-corrected chi connectivity index (χ3v) is 7.47. The van der Waals surface area contributed by atoms with E-state index >= 15 is 0 Å². The van der Waals surface area contributed by atoms with Gasteiger partial charge in [-0.25, -0.2) is 16.8 Å². The van der Waals surface area contributed by atoms with Crippen molar-refractivity contribution in [1.29, 1.82) is 0 Å². The molecule has 0 aromatic rings. The van der Waals surface area contributed by atoms with E-state index in [2.05, 4.69) is 0 Å². The minimum Gasteiger partial charge on any atom is -0.224 e. The van der Waals surface area contributed by atoms with Crippen LogP contribution in [-0.2, 0) is 19.7 Å². The SMILES string of the molecule is CCC1=C(C)S(=O)(=O)CC(C)S1(=O)=O. The molecule has 1 rings (SSSR count). The van der Waals surface area contributed by atoms with Crippen molar-refractivity contribution in [3.63, 3.8) is 0 Å². The molecular formula is C8H14O4S2. The molecule has 0 aromatic carbocycles. The van der Waals surface area contributed by atoms with E-state index in [-0.39, 0.29) is 22.0 Å². The van der Waals surface area contributed by atoms with Crippen molar-refractivity contribution in [3.05, 3.63) is 9.81 Å². The predicted octanol–water partition coefficient (Wildman–Crippen LogP) is 0.860. The lowest BCUT2D eigenvalue weighted by Crippen LogP contribution is -2.34. The molecule has 0 aliphatic carbocycles. The van der Waals surface area contributed by atoms with Gasteiger partial charge in [0.2, 0.25) is 0 Å². The molecule has 82 valence electrons. The first-order valence-corrected chi connectivity index (χ1v) is 7.59. The number of rotatable bonds is 1. The number of sulfone groups is 2. The quantitative estimate of drug-likeness (QED) is 0.679. The van der Waals surface area contributed by atoms with Crippen LogP contribution in [0.15, 0.2) is 9.81 Å². The fourth-order valence-corrected chi connectivity index (χ4v) is 6.22. The van der Waals surface area contributed by atoms with Crippen LogP contribution in [0.2, 0.25) is 0 Å². The highest BCUT2D eigenvalue weighted by Gasteiger charge is 2.38. The number of hydrogen-bond acceptors (Lipinski definition) is 4. The standard InChI is InChI=1S/C8H14O4S2/c1-4-8-7(3)13(9,10)5-6(2)14(8,11)12/h6H,4-5H2,1-3H3. The van der Waals surface area contributed by atoms with Gasteiger partial charge in [0.15, 0.2) is 19.7 Å². The Balaban J connectivity index is 3.57. The maximum atomic E-state index is 11.7. The number of allylic oxidation sites excluding steroid dienone is 2. The Bertz CT molecular complexity index is 467. The van der Waals surface area contributed by atoms with Crippen molar-refractivity contribution in [1.82, 2.24) is 0 Å². The van der Waals surface area contributed by atoms with Crippen LogP contribution < -0.4 is 0 Å². The summed E-state index contributed by atoms with van der Waals surface area (Å²) in [7, 11) is -6.71. The molecule has 0 N–H and O–H groups in total. The van der Waals surface area contributed by atoms with Gasteiger partial charge in [0, 0.05) is 0 Å². The monoisotopic (exact) mass is 238 g/mol. The van der Waals surface area contributed by atoms with E-state index in [9.17, 15) is 16.8 Å². The summed E-state index contributed by atoms with van der Waals surface area (Å²) < 4.78 is 46.5. The molecule has 4 nitrogen and oxygen atoms in total. The maximum absolute atomic E-state index is 11.7. The molecule has 1 unspecified atom stereocenters. The molecule has 1 aliphatic rings. The van der Waals surface area contributed by atoms with E-state index in [0.29, 0.717) is 0 Å². The highest BCUT2D eigenvalue weighted by molar-refractivity contribution is 8.02. The topological polar surface area (TPSA) is 68.3 Å². The first kappa shape index (κ1) is 11.7. The molecule has 0 fully saturated rings. The highest BCUT2D eigenvalue weighted by Crippen LogP contribution is 2.30. The lowest BCUT2D eigenvalue weighted by molar-refractivity contribution is 0.578. The summed E-state index contributed by atoms with van der Waals surface area (Å²) in [6.45, 7) is 4.47. The van der Waals surface area contributed by atoms with Crippen LogP contribution in [0.5, 0.6) is 0 Å². The lowest BCUT2D eigenvalue weighted by Gasteiger charge is -2.22. The van der Waals surface area contributed by atoms with Crippen LogP contribution in [0.4, 0.5) is 0 Å². The van der Waals surface area contributed by atoms with Crippen LogP contribution in [0, 0.1) is 0 Å². The van der Waals surface area contributed by atoms with Crippen LogP contribution in [-0.4, -0.2) is 27.8 Å². The van der Waals surface area contributed by atoms with Crippen molar-refractivity contribution in [2.75, 3.05) is 5.75 Å². The van der Waals surface area contributed by atoms with Gasteiger partial charge < -0.3 is 0 Å². The van der Waals surface area contributed by atoms with Gasteiger partial charge in [0.1, 0.15) is 0 Å². The second kappa shape index (κ2) is 3.34. The second-order valence-electron chi connectivity index (χ2n) is 3.47. The van der Waals surface area contributed by atoms with Crippen LogP contribution in [0.1, 0.15) is 27.2 Å². The lowest BCUT2D eigenvalue weighted by atomic mass is 10.4. The Morgan fingerprint density at radius 1 is 1.29 bits per heavy atom. The molecule has 1 aliphatic heterocycles. The van der Waals surface area contributed by atoms with Crippen molar-refractivity contribution in [3.8, 4) is 0 Å². The van der Waals surface area contributed by atoms with Crippen LogP contribution in [0.3, 0.4) is 0 Å². The maximum Gasteiger partial charge on any atom is 0.179 e. The predicted molar refractivity (Wildman–Crippen MR) is 55.2 cm³/mol. The van der Waals surface area contributed by atoms with Crippen molar-refractivity contribution in [2.24, 2.45) is 0 Å². The third-order valence-electron chi connectivity index (χ3n) is 2.51. The smallest absolute Gasteiger partial charge is 0.179 e. The van der Waals surface area contributed by atoms with Gasteiger partial charge in [-0.15, -0.1) is 0 Å². The summed E-state index contributed by atoms with van der Waals surface area (Å²) in [5.74, 6) is -0.287. The Labute approximate surface area is 84.8 Å². The summed E-state index contributed by atoms with van der Waals surface area (Å²) in [4.78, 5) is 0.106. The Morgan fingerprint density at radius 3 is 2.21 bits per heavy atom. The molecule has 1 heterocycles. The zero-order chi connectivity index (χ0) is 11.1. The fraction of sp³-hybridized carbons (Fsp3) is 0.750. The molecule has 6 heteroatoms. The van der Waals surface area contributed by atoms with Crippen LogP contribution >= 0.6 is 0 Å². The van der Waals surface area contributed by atoms with Crippen molar-refractivity contribution >= 4 is 19.7 Å². The molecule has 0 amide bonds. The van der Waals surface area contributed by atoms with Crippen LogP contribution in [0.25, 0.3) is 0 Å². The largest absolute Gasteiger partial charge is 0.224 e. The molecular weight excluding hydrogens is 224 g/mol. The zero-order valence-corrected chi connectivity index (χ0v) is 10.1. The molecule has 0 saturated carbocycles. The Kier molecular flexibility index (Phi) is 2.80. The number of hydrogen-bond donors (Lipinski definition) is 0.